The van der Waals surface area contributed by atoms with Gasteiger partial charge in [0.15, 0.2) is 5.58 Å². The molecule has 1 aromatic heterocycles. The molecule has 1 amide bonds. The monoisotopic (exact) mass is 398 g/mol. The summed E-state index contributed by atoms with van der Waals surface area (Å²) >= 11 is 6.10. The first-order valence-corrected chi connectivity index (χ1v) is 9.98. The molecule has 1 fully saturated rings. The number of likely N-dealkylation sites (tertiary alicyclic amines) is 1. The van der Waals surface area contributed by atoms with Gasteiger partial charge in [-0.2, -0.15) is 0 Å². The first-order chi connectivity index (χ1) is 13.4. The Bertz CT molecular complexity index is 1060. The van der Waals surface area contributed by atoms with Crippen LogP contribution >= 0.6 is 11.6 Å². The Kier molecular flexibility index (Phi) is 5.02. The molecule has 1 atom stereocenters. The number of aromatic nitrogens is 1. The maximum atomic E-state index is 12.9. The van der Waals surface area contributed by atoms with Gasteiger partial charge in [0.25, 0.3) is 0 Å². The number of piperidine rings is 1. The molecule has 146 valence electrons. The molecule has 2 heterocycles. The van der Waals surface area contributed by atoms with Crippen molar-refractivity contribution in [3.63, 3.8) is 0 Å². The van der Waals surface area contributed by atoms with Gasteiger partial charge in [-0.25, -0.2) is 4.79 Å². The van der Waals surface area contributed by atoms with Gasteiger partial charge in [0.05, 0.1) is 11.4 Å². The number of carbonyl (C=O) groups excluding carboxylic acids is 1. The molecule has 1 aliphatic heterocycles. The van der Waals surface area contributed by atoms with Gasteiger partial charge in [0.2, 0.25) is 5.91 Å². The molecule has 0 N–H and O–H groups in total. The summed E-state index contributed by atoms with van der Waals surface area (Å²) in [6, 6.07) is 13.3. The summed E-state index contributed by atoms with van der Waals surface area (Å²) in [4.78, 5) is 27.2. The second kappa shape index (κ2) is 7.47. The molecular formula is C22H23ClN2O3. The van der Waals surface area contributed by atoms with Crippen molar-refractivity contribution in [2.24, 2.45) is 0 Å². The molecular weight excluding hydrogens is 376 g/mol. The number of aryl methyl sites for hydroxylation is 1. The molecule has 0 radical (unpaired) electrons. The summed E-state index contributed by atoms with van der Waals surface area (Å²) in [7, 11) is 0. The smallest absolute Gasteiger partial charge is 0.408 e. The molecule has 0 unspecified atom stereocenters. The number of nitrogens with zero attached hydrogens (tertiary/aromatic N) is 2. The quantitative estimate of drug-likeness (QED) is 0.651. The van der Waals surface area contributed by atoms with Crippen LogP contribution in [0.15, 0.2) is 51.7 Å². The van der Waals surface area contributed by atoms with E-state index in [4.69, 9.17) is 16.0 Å². The molecule has 1 aliphatic rings. The third-order valence-corrected chi connectivity index (χ3v) is 5.90. The lowest BCUT2D eigenvalue weighted by Gasteiger charge is -2.34. The number of benzene rings is 2. The molecule has 6 heteroatoms. The van der Waals surface area contributed by atoms with E-state index in [1.54, 1.807) is 22.8 Å². The largest absolute Gasteiger partial charge is 0.420 e. The first-order valence-electron chi connectivity index (χ1n) is 9.60. The van der Waals surface area contributed by atoms with Crippen LogP contribution in [0.5, 0.6) is 0 Å². The molecule has 3 aromatic rings. The number of halogens is 1. The Morgan fingerprint density at radius 3 is 2.50 bits per heavy atom. The molecule has 2 aromatic carbocycles. The summed E-state index contributed by atoms with van der Waals surface area (Å²) in [5, 5.41) is 0.571. The van der Waals surface area contributed by atoms with Gasteiger partial charge in [-0.05, 0) is 50.5 Å². The first kappa shape index (κ1) is 18.8. The zero-order valence-electron chi connectivity index (χ0n) is 16.0. The number of fused-ring (bicyclic) bond motifs is 1. The minimum atomic E-state index is -0.366. The van der Waals surface area contributed by atoms with E-state index >= 15 is 0 Å². The lowest BCUT2D eigenvalue weighted by Crippen LogP contribution is -2.42. The maximum absolute atomic E-state index is 12.9. The second-order valence-electron chi connectivity index (χ2n) is 7.54. The van der Waals surface area contributed by atoms with Crippen molar-refractivity contribution in [3.8, 4) is 0 Å². The van der Waals surface area contributed by atoms with Gasteiger partial charge in [-0.3, -0.25) is 9.36 Å². The predicted octanol–water partition coefficient (Wildman–Crippen LogP) is 4.52. The average molecular weight is 399 g/mol. The highest BCUT2D eigenvalue weighted by Crippen LogP contribution is 2.29. The summed E-state index contributed by atoms with van der Waals surface area (Å²) in [6.07, 6.45) is 1.43. The summed E-state index contributed by atoms with van der Waals surface area (Å²) in [5.74, 6) is -0.404. The van der Waals surface area contributed by atoms with Crippen molar-refractivity contribution < 1.29 is 9.21 Å². The van der Waals surface area contributed by atoms with E-state index < -0.39 is 0 Å². The molecule has 1 saturated heterocycles. The lowest BCUT2D eigenvalue weighted by molar-refractivity contribution is -0.133. The fraction of sp³-hybridized carbons (Fsp3) is 0.364. The molecule has 0 spiro atoms. The Morgan fingerprint density at radius 2 is 1.82 bits per heavy atom. The number of oxazole rings is 1. The molecule has 0 aliphatic carbocycles. The highest BCUT2D eigenvalue weighted by atomic mass is 35.5. The van der Waals surface area contributed by atoms with E-state index in [1.165, 1.54) is 5.56 Å². The number of amides is 1. The minimum Gasteiger partial charge on any atom is -0.408 e. The van der Waals surface area contributed by atoms with Crippen molar-refractivity contribution >= 4 is 28.6 Å². The number of carbonyl (C=O) groups is 1. The number of hydrogen-bond donors (Lipinski definition) is 0. The van der Waals surface area contributed by atoms with Crippen molar-refractivity contribution in [1.29, 1.82) is 0 Å². The van der Waals surface area contributed by atoms with Crippen LogP contribution in [-0.4, -0.2) is 28.5 Å². The minimum absolute atomic E-state index is 0.00551. The van der Waals surface area contributed by atoms with Crippen LogP contribution in [0.3, 0.4) is 0 Å². The van der Waals surface area contributed by atoms with Crippen LogP contribution in [-0.2, 0) is 4.79 Å². The van der Waals surface area contributed by atoms with E-state index in [0.29, 0.717) is 36.5 Å². The van der Waals surface area contributed by atoms with Crippen LogP contribution < -0.4 is 5.76 Å². The van der Waals surface area contributed by atoms with Gasteiger partial charge in [-0.15, -0.1) is 0 Å². The summed E-state index contributed by atoms with van der Waals surface area (Å²) < 4.78 is 7.04. The van der Waals surface area contributed by atoms with Crippen molar-refractivity contribution in [2.75, 3.05) is 13.1 Å². The van der Waals surface area contributed by atoms with Crippen molar-refractivity contribution in [1.82, 2.24) is 9.47 Å². The molecule has 0 saturated carbocycles. The van der Waals surface area contributed by atoms with E-state index in [1.807, 2.05) is 43.0 Å². The fourth-order valence-corrected chi connectivity index (χ4v) is 4.13. The van der Waals surface area contributed by atoms with E-state index in [2.05, 4.69) is 0 Å². The normalized spacial score (nSPS) is 16.5. The van der Waals surface area contributed by atoms with E-state index in [-0.39, 0.29) is 23.6 Å². The Hall–Kier alpha value is -2.53. The van der Waals surface area contributed by atoms with Gasteiger partial charge in [0, 0.05) is 24.2 Å². The van der Waals surface area contributed by atoms with Gasteiger partial charge in [0.1, 0.15) is 0 Å². The summed E-state index contributed by atoms with van der Waals surface area (Å²) in [6.45, 7) is 5.24. The van der Waals surface area contributed by atoms with Crippen molar-refractivity contribution in [2.45, 2.75) is 38.6 Å². The van der Waals surface area contributed by atoms with Crippen LogP contribution in [0.1, 0.15) is 42.9 Å². The molecule has 28 heavy (non-hydrogen) atoms. The van der Waals surface area contributed by atoms with E-state index in [9.17, 15) is 9.59 Å². The zero-order valence-corrected chi connectivity index (χ0v) is 16.8. The third-order valence-electron chi connectivity index (χ3n) is 5.66. The second-order valence-corrected chi connectivity index (χ2v) is 7.98. The Morgan fingerprint density at radius 1 is 1.14 bits per heavy atom. The fourth-order valence-electron chi connectivity index (χ4n) is 3.97. The number of rotatable bonds is 3. The van der Waals surface area contributed by atoms with Crippen LogP contribution in [0, 0.1) is 6.92 Å². The topological polar surface area (TPSA) is 55.5 Å². The zero-order chi connectivity index (χ0) is 19.8. The Labute approximate surface area is 168 Å². The van der Waals surface area contributed by atoms with Gasteiger partial charge >= 0.3 is 5.76 Å². The summed E-state index contributed by atoms with van der Waals surface area (Å²) in [5.41, 5.74) is 3.47. The molecule has 4 rings (SSSR count). The maximum Gasteiger partial charge on any atom is 0.420 e. The van der Waals surface area contributed by atoms with Crippen molar-refractivity contribution in [3.05, 3.63) is 69.2 Å². The number of hydrogen-bond acceptors (Lipinski definition) is 3. The standard InChI is InChI=1S/C22H23ClN2O3/c1-14-3-5-16(6-4-14)15(2)21(26)24-11-9-18(10-12-24)25-19-13-17(23)7-8-20(19)28-22(25)27/h3-8,13,15,18H,9-12H2,1-2H3/t15-/m0/s1. The van der Waals surface area contributed by atoms with Crippen LogP contribution in [0.4, 0.5) is 0 Å². The van der Waals surface area contributed by atoms with Gasteiger partial charge in [-0.1, -0.05) is 41.4 Å². The van der Waals surface area contributed by atoms with Crippen LogP contribution in [0.2, 0.25) is 5.02 Å². The van der Waals surface area contributed by atoms with Gasteiger partial charge < -0.3 is 9.32 Å². The van der Waals surface area contributed by atoms with E-state index in [0.717, 1.165) is 11.1 Å². The van der Waals surface area contributed by atoms with Crippen LogP contribution in [0.25, 0.3) is 11.1 Å². The SMILES string of the molecule is Cc1ccc([C@H](C)C(=O)N2CCC(n3c(=O)oc4ccc(Cl)cc43)CC2)cc1. The molecule has 5 nitrogen and oxygen atoms in total. The highest BCUT2D eigenvalue weighted by molar-refractivity contribution is 6.31. The Balaban J connectivity index is 1.48. The lowest BCUT2D eigenvalue weighted by atomic mass is 9.96. The predicted molar refractivity (Wildman–Crippen MR) is 110 cm³/mol. The highest BCUT2D eigenvalue weighted by Gasteiger charge is 2.29. The third kappa shape index (κ3) is 3.47. The average Bonchev–Trinajstić information content (AvgIpc) is 3.02. The molecule has 0 bridgehead atoms.